The van der Waals surface area contributed by atoms with Gasteiger partial charge >= 0.3 is 0 Å². The van der Waals surface area contributed by atoms with Crippen LogP contribution in [0.3, 0.4) is 0 Å². The predicted molar refractivity (Wildman–Crippen MR) is 156 cm³/mol. The molecule has 208 valence electrons. The maximum Gasteiger partial charge on any atom is 0.264 e. The van der Waals surface area contributed by atoms with Crippen LogP contribution in [-0.2, 0) is 32.6 Å². The quantitative estimate of drug-likeness (QED) is 0.365. The Bertz CT molecular complexity index is 1400. The maximum atomic E-state index is 14.0. The summed E-state index contributed by atoms with van der Waals surface area (Å²) in [6.07, 6.45) is 0.588. The van der Waals surface area contributed by atoms with E-state index >= 15 is 0 Å². The molecule has 0 aliphatic heterocycles. The number of hydrogen-bond donors (Lipinski definition) is 1. The topological polar surface area (TPSA) is 86.8 Å². The average molecular weight is 550 g/mol. The van der Waals surface area contributed by atoms with Gasteiger partial charge in [-0.05, 0) is 70.4 Å². The molecule has 3 aromatic rings. The Hall–Kier alpha value is -3.65. The summed E-state index contributed by atoms with van der Waals surface area (Å²) in [4.78, 5) is 28.6. The Labute approximate surface area is 232 Å². The van der Waals surface area contributed by atoms with E-state index in [1.165, 1.54) is 9.21 Å². The lowest BCUT2D eigenvalue weighted by molar-refractivity contribution is -0.139. The van der Waals surface area contributed by atoms with Crippen LogP contribution in [0, 0.1) is 13.8 Å². The summed E-state index contributed by atoms with van der Waals surface area (Å²) in [7, 11) is -4.09. The minimum absolute atomic E-state index is 0.0997. The van der Waals surface area contributed by atoms with Crippen molar-refractivity contribution in [3.63, 3.8) is 0 Å². The smallest absolute Gasteiger partial charge is 0.264 e. The van der Waals surface area contributed by atoms with Crippen LogP contribution in [0.25, 0.3) is 0 Å². The van der Waals surface area contributed by atoms with Gasteiger partial charge < -0.3 is 10.2 Å². The Morgan fingerprint density at radius 2 is 1.54 bits per heavy atom. The highest BCUT2D eigenvalue weighted by atomic mass is 32.2. The average Bonchev–Trinajstić information content (AvgIpc) is 2.89. The molecule has 1 N–H and O–H groups in total. The normalized spacial score (nSPS) is 12.2. The van der Waals surface area contributed by atoms with Crippen LogP contribution in [0.2, 0.25) is 0 Å². The molecule has 1 atom stereocenters. The zero-order valence-corrected chi connectivity index (χ0v) is 24.5. The Kier molecular flexibility index (Phi) is 9.92. The highest BCUT2D eigenvalue weighted by molar-refractivity contribution is 7.92. The van der Waals surface area contributed by atoms with Gasteiger partial charge in [0.1, 0.15) is 12.6 Å². The van der Waals surface area contributed by atoms with Crippen LogP contribution < -0.4 is 9.62 Å². The fourth-order valence-electron chi connectivity index (χ4n) is 4.40. The molecule has 0 aromatic heterocycles. The first-order chi connectivity index (χ1) is 18.4. The molecule has 39 heavy (non-hydrogen) atoms. The van der Waals surface area contributed by atoms with Gasteiger partial charge in [0.15, 0.2) is 0 Å². The number of carbonyl (C=O) groups is 2. The van der Waals surface area contributed by atoms with Crippen LogP contribution >= 0.6 is 0 Å². The summed E-state index contributed by atoms with van der Waals surface area (Å²) in [5.74, 6) is -0.766. The monoisotopic (exact) mass is 549 g/mol. The first-order valence-electron chi connectivity index (χ1n) is 13.3. The fourth-order valence-corrected chi connectivity index (χ4v) is 5.85. The largest absolute Gasteiger partial charge is 0.352 e. The molecule has 0 saturated heterocycles. The fraction of sp³-hybridized carbons (Fsp3) is 0.355. The molecular formula is C31H39N3O4S. The van der Waals surface area contributed by atoms with Gasteiger partial charge in [0.25, 0.3) is 10.0 Å². The lowest BCUT2D eigenvalue weighted by Gasteiger charge is -2.33. The summed E-state index contributed by atoms with van der Waals surface area (Å²) >= 11 is 0. The third-order valence-corrected chi connectivity index (χ3v) is 8.34. The van der Waals surface area contributed by atoms with Crippen molar-refractivity contribution in [1.29, 1.82) is 0 Å². The van der Waals surface area contributed by atoms with E-state index in [1.807, 2.05) is 71.0 Å². The second-order valence-electron chi connectivity index (χ2n) is 10.2. The molecule has 3 rings (SSSR count). The molecule has 2 amide bonds. The number of benzene rings is 3. The Balaban J connectivity index is 2.07. The van der Waals surface area contributed by atoms with Gasteiger partial charge in [0.2, 0.25) is 11.8 Å². The number of nitrogens with one attached hydrogen (secondary N) is 1. The number of rotatable bonds is 11. The van der Waals surface area contributed by atoms with E-state index in [0.717, 1.165) is 22.3 Å². The number of sulfonamides is 1. The molecule has 0 spiro atoms. The number of anilines is 1. The van der Waals surface area contributed by atoms with Crippen molar-refractivity contribution in [2.24, 2.45) is 0 Å². The van der Waals surface area contributed by atoms with E-state index in [0.29, 0.717) is 12.1 Å². The zero-order valence-electron chi connectivity index (χ0n) is 23.6. The van der Waals surface area contributed by atoms with Crippen molar-refractivity contribution in [2.45, 2.75) is 71.5 Å². The molecule has 7 nitrogen and oxygen atoms in total. The number of para-hydroxylation sites is 1. The van der Waals surface area contributed by atoms with Crippen molar-refractivity contribution >= 4 is 27.5 Å². The molecule has 0 bridgehead atoms. The first-order valence-corrected chi connectivity index (χ1v) is 14.7. The van der Waals surface area contributed by atoms with Crippen molar-refractivity contribution in [3.8, 4) is 0 Å². The molecule has 8 heteroatoms. The van der Waals surface area contributed by atoms with Gasteiger partial charge in [-0.3, -0.25) is 13.9 Å². The number of amides is 2. The van der Waals surface area contributed by atoms with E-state index < -0.39 is 28.5 Å². The lowest BCUT2D eigenvalue weighted by Crippen LogP contribution is -2.52. The van der Waals surface area contributed by atoms with Crippen LogP contribution in [0.4, 0.5) is 5.69 Å². The minimum atomic E-state index is -4.09. The summed E-state index contributed by atoms with van der Waals surface area (Å²) in [6, 6.07) is 20.6. The standard InChI is InChI=1S/C31H39N3O4S/c1-7-27-13-8-9-14-29(27)34(39(37,38)28-17-15-23(4)16-18-28)21-30(35)33(25(6)31(36)32-22(2)3)20-26-12-10-11-24(5)19-26/h8-19,22,25H,7,20-21H2,1-6H3,(H,32,36)/t25-/m1/s1. The lowest BCUT2D eigenvalue weighted by atomic mass is 10.1. The molecule has 0 saturated carbocycles. The summed E-state index contributed by atoms with van der Waals surface area (Å²) < 4.78 is 29.2. The number of nitrogens with zero attached hydrogens (tertiary/aromatic N) is 2. The van der Waals surface area contributed by atoms with Gasteiger partial charge in [-0.15, -0.1) is 0 Å². The predicted octanol–water partition coefficient (Wildman–Crippen LogP) is 5.00. The first kappa shape index (κ1) is 29.9. The van der Waals surface area contributed by atoms with Gasteiger partial charge in [0, 0.05) is 12.6 Å². The van der Waals surface area contributed by atoms with Gasteiger partial charge in [-0.1, -0.05) is 72.6 Å². The molecule has 0 aliphatic carbocycles. The molecular weight excluding hydrogens is 510 g/mol. The van der Waals surface area contributed by atoms with Crippen LogP contribution in [0.1, 0.15) is 49.9 Å². The number of carbonyl (C=O) groups excluding carboxylic acids is 2. The molecule has 3 aromatic carbocycles. The summed E-state index contributed by atoms with van der Waals surface area (Å²) in [6.45, 7) is 10.9. The molecule has 0 unspecified atom stereocenters. The Morgan fingerprint density at radius 3 is 2.15 bits per heavy atom. The van der Waals surface area contributed by atoms with Gasteiger partial charge in [-0.2, -0.15) is 0 Å². The van der Waals surface area contributed by atoms with Crippen LogP contribution in [-0.4, -0.2) is 43.8 Å². The molecule has 0 radical (unpaired) electrons. The molecule has 0 aliphatic rings. The maximum absolute atomic E-state index is 14.0. The van der Waals surface area contributed by atoms with Crippen molar-refractivity contribution < 1.29 is 18.0 Å². The number of hydrogen-bond acceptors (Lipinski definition) is 4. The van der Waals surface area contributed by atoms with Gasteiger partial charge in [0.05, 0.1) is 10.6 Å². The zero-order chi connectivity index (χ0) is 28.7. The summed E-state index contributed by atoms with van der Waals surface area (Å²) in [5.41, 5.74) is 4.06. The molecule has 0 fully saturated rings. The minimum Gasteiger partial charge on any atom is -0.352 e. The second kappa shape index (κ2) is 12.9. The van der Waals surface area contributed by atoms with Crippen LogP contribution in [0.5, 0.6) is 0 Å². The van der Waals surface area contributed by atoms with E-state index in [9.17, 15) is 18.0 Å². The van der Waals surface area contributed by atoms with E-state index in [2.05, 4.69) is 5.32 Å². The van der Waals surface area contributed by atoms with E-state index in [4.69, 9.17) is 0 Å². The van der Waals surface area contributed by atoms with Crippen molar-refractivity contribution in [2.75, 3.05) is 10.8 Å². The third-order valence-electron chi connectivity index (χ3n) is 6.56. The second-order valence-corrected chi connectivity index (χ2v) is 12.0. The Morgan fingerprint density at radius 1 is 0.872 bits per heavy atom. The third kappa shape index (κ3) is 7.47. The van der Waals surface area contributed by atoms with Gasteiger partial charge in [-0.25, -0.2) is 8.42 Å². The highest BCUT2D eigenvalue weighted by Crippen LogP contribution is 2.28. The summed E-state index contributed by atoms with van der Waals surface area (Å²) in [5, 5.41) is 2.87. The number of aryl methyl sites for hydroxylation is 3. The van der Waals surface area contributed by atoms with E-state index in [-0.39, 0.29) is 23.4 Å². The van der Waals surface area contributed by atoms with Crippen LogP contribution in [0.15, 0.2) is 77.7 Å². The van der Waals surface area contributed by atoms with Crippen molar-refractivity contribution in [3.05, 3.63) is 95.1 Å². The van der Waals surface area contributed by atoms with E-state index in [1.54, 1.807) is 43.3 Å². The van der Waals surface area contributed by atoms with Crippen molar-refractivity contribution in [1.82, 2.24) is 10.2 Å². The highest BCUT2D eigenvalue weighted by Gasteiger charge is 2.33. The molecule has 0 heterocycles. The SMILES string of the molecule is CCc1ccccc1N(CC(=O)N(Cc1cccc(C)c1)[C@H](C)C(=O)NC(C)C)S(=O)(=O)c1ccc(C)cc1.